The molecule has 0 atom stereocenters. The molecule has 0 bridgehead atoms. The van der Waals surface area contributed by atoms with Crippen molar-refractivity contribution in [1.82, 2.24) is 4.31 Å². The van der Waals surface area contributed by atoms with E-state index < -0.39 is 10.0 Å². The highest BCUT2D eigenvalue weighted by Gasteiger charge is 2.29. The minimum atomic E-state index is -3.63. The van der Waals surface area contributed by atoms with Crippen molar-refractivity contribution < 1.29 is 13.2 Å². The first-order valence-corrected chi connectivity index (χ1v) is 12.0. The maximum atomic E-state index is 13.8. The smallest absolute Gasteiger partial charge is 0.260 e. The summed E-state index contributed by atoms with van der Waals surface area (Å²) in [5.74, 6) is -0.126. The van der Waals surface area contributed by atoms with Crippen LogP contribution in [0.4, 0.5) is 11.4 Å². The second-order valence-corrected chi connectivity index (χ2v) is 10.4. The maximum Gasteiger partial charge on any atom is 0.260 e. The Balaban J connectivity index is 1.81. The summed E-state index contributed by atoms with van der Waals surface area (Å²) in [4.78, 5) is 18.0. The van der Waals surface area contributed by atoms with Crippen molar-refractivity contribution in [2.75, 3.05) is 43.5 Å². The Morgan fingerprint density at radius 3 is 2.37 bits per heavy atom. The zero-order valence-corrected chi connectivity index (χ0v) is 18.5. The van der Waals surface area contributed by atoms with Gasteiger partial charge in [0.15, 0.2) is 0 Å². The predicted molar refractivity (Wildman–Crippen MR) is 120 cm³/mol. The maximum absolute atomic E-state index is 13.8. The van der Waals surface area contributed by atoms with Gasteiger partial charge in [0.2, 0.25) is 10.0 Å². The van der Waals surface area contributed by atoms with Crippen LogP contribution in [0, 0.1) is 0 Å². The number of hydrogen-bond donors (Lipinski definition) is 0. The number of rotatable bonds is 4. The van der Waals surface area contributed by atoms with E-state index in [1.54, 1.807) is 12.1 Å². The van der Waals surface area contributed by atoms with Gasteiger partial charge in [-0.3, -0.25) is 4.79 Å². The van der Waals surface area contributed by atoms with Gasteiger partial charge < -0.3 is 9.80 Å². The highest BCUT2D eigenvalue weighted by Crippen LogP contribution is 2.33. The molecule has 0 spiro atoms. The number of carbonyl (C=O) groups is 1. The number of nitrogens with zero attached hydrogens (tertiary/aromatic N) is 3. The molecule has 2 aromatic carbocycles. The first kappa shape index (κ1) is 20.9. The fourth-order valence-corrected chi connectivity index (χ4v) is 5.29. The topological polar surface area (TPSA) is 60.9 Å². The Hall–Kier alpha value is -2.38. The number of sulfonamides is 1. The summed E-state index contributed by atoms with van der Waals surface area (Å²) in [6.07, 6.45) is 5.20. The largest absolute Gasteiger partial charge is 0.371 e. The van der Waals surface area contributed by atoms with Crippen molar-refractivity contribution in [2.45, 2.75) is 37.0 Å². The van der Waals surface area contributed by atoms with Crippen LogP contribution in [-0.2, 0) is 16.4 Å². The number of fused-ring (bicyclic) bond motifs is 1. The van der Waals surface area contributed by atoms with Gasteiger partial charge in [-0.25, -0.2) is 12.7 Å². The normalized spacial score (nSPS) is 17.2. The second kappa shape index (κ2) is 8.40. The van der Waals surface area contributed by atoms with Crippen LogP contribution in [0.15, 0.2) is 47.4 Å². The molecule has 1 amide bonds. The molecule has 0 aromatic heterocycles. The van der Waals surface area contributed by atoms with Crippen LogP contribution in [0.3, 0.4) is 0 Å². The van der Waals surface area contributed by atoms with Crippen molar-refractivity contribution >= 4 is 27.3 Å². The minimum Gasteiger partial charge on any atom is -0.371 e. The van der Waals surface area contributed by atoms with Crippen LogP contribution in [-0.4, -0.2) is 52.4 Å². The number of hydrogen-bond acceptors (Lipinski definition) is 4. The first-order chi connectivity index (χ1) is 14.4. The van der Waals surface area contributed by atoms with E-state index in [9.17, 15) is 13.2 Å². The third-order valence-electron chi connectivity index (χ3n) is 6.03. The van der Waals surface area contributed by atoms with Gasteiger partial charge >= 0.3 is 0 Å². The first-order valence-electron chi connectivity index (χ1n) is 10.6. The Kier molecular flexibility index (Phi) is 5.84. The van der Waals surface area contributed by atoms with Gasteiger partial charge in [-0.2, -0.15) is 0 Å². The van der Waals surface area contributed by atoms with E-state index in [4.69, 9.17) is 0 Å². The predicted octanol–water partition coefficient (Wildman–Crippen LogP) is 3.52. The number of para-hydroxylation sites is 1. The summed E-state index contributed by atoms with van der Waals surface area (Å²) in [6, 6.07) is 13.0. The highest BCUT2D eigenvalue weighted by molar-refractivity contribution is 7.89. The molecule has 4 rings (SSSR count). The molecule has 7 heteroatoms. The molecule has 6 nitrogen and oxygen atoms in total. The molecular weight excluding hydrogens is 398 g/mol. The lowest BCUT2D eigenvalue weighted by molar-refractivity contribution is 0.0985. The summed E-state index contributed by atoms with van der Waals surface area (Å²) in [5.41, 5.74) is 3.39. The summed E-state index contributed by atoms with van der Waals surface area (Å²) < 4.78 is 26.7. The van der Waals surface area contributed by atoms with Crippen molar-refractivity contribution in [3.8, 4) is 0 Å². The molecule has 2 aromatic rings. The van der Waals surface area contributed by atoms with Crippen LogP contribution >= 0.6 is 0 Å². The molecule has 0 N–H and O–H groups in total. The monoisotopic (exact) mass is 427 g/mol. The molecular formula is C23H29N3O3S. The number of amides is 1. The van der Waals surface area contributed by atoms with Gasteiger partial charge in [0.05, 0.1) is 10.5 Å². The molecule has 1 fully saturated rings. The Bertz CT molecular complexity index is 1040. The van der Waals surface area contributed by atoms with Gasteiger partial charge in [0.25, 0.3) is 5.91 Å². The highest BCUT2D eigenvalue weighted by atomic mass is 32.2. The zero-order valence-electron chi connectivity index (χ0n) is 17.7. The quantitative estimate of drug-likeness (QED) is 0.749. The second-order valence-electron chi connectivity index (χ2n) is 8.20. The van der Waals surface area contributed by atoms with E-state index in [1.807, 2.05) is 29.2 Å². The van der Waals surface area contributed by atoms with Gasteiger partial charge in [0.1, 0.15) is 0 Å². The third kappa shape index (κ3) is 3.84. The van der Waals surface area contributed by atoms with Crippen LogP contribution in [0.25, 0.3) is 0 Å². The molecule has 2 aliphatic rings. The van der Waals surface area contributed by atoms with E-state index in [1.165, 1.54) is 24.8 Å². The zero-order chi connectivity index (χ0) is 21.3. The average Bonchev–Trinajstić information content (AvgIpc) is 2.78. The molecule has 0 radical (unpaired) electrons. The SMILES string of the molecule is CN(C)S(=O)(=O)c1ccc(N2CCCCC2)c(C(=O)N2CCCc3ccccc32)c1. The lowest BCUT2D eigenvalue weighted by Crippen LogP contribution is -2.38. The molecule has 0 aliphatic carbocycles. The molecule has 0 saturated carbocycles. The molecule has 160 valence electrons. The number of benzene rings is 2. The Morgan fingerprint density at radius 2 is 1.63 bits per heavy atom. The Morgan fingerprint density at radius 1 is 0.900 bits per heavy atom. The van der Waals surface area contributed by atoms with Crippen molar-refractivity contribution in [3.63, 3.8) is 0 Å². The average molecular weight is 428 g/mol. The van der Waals surface area contributed by atoms with E-state index >= 15 is 0 Å². The van der Waals surface area contributed by atoms with Gasteiger partial charge in [-0.1, -0.05) is 18.2 Å². The number of aryl methyl sites for hydroxylation is 1. The van der Waals surface area contributed by atoms with Gasteiger partial charge in [-0.05, 0) is 61.9 Å². The van der Waals surface area contributed by atoms with Crippen molar-refractivity contribution in [3.05, 3.63) is 53.6 Å². The Labute approximate surface area is 179 Å². The molecule has 30 heavy (non-hydrogen) atoms. The number of piperidine rings is 1. The summed E-state index contributed by atoms with van der Waals surface area (Å²) in [7, 11) is -0.607. The summed E-state index contributed by atoms with van der Waals surface area (Å²) in [5, 5.41) is 0. The summed E-state index contributed by atoms with van der Waals surface area (Å²) >= 11 is 0. The minimum absolute atomic E-state index is 0.126. The summed E-state index contributed by atoms with van der Waals surface area (Å²) in [6.45, 7) is 2.41. The fraction of sp³-hybridized carbons (Fsp3) is 0.435. The van der Waals surface area contributed by atoms with E-state index in [0.717, 1.165) is 55.7 Å². The lowest BCUT2D eigenvalue weighted by atomic mass is 10.00. The number of carbonyl (C=O) groups excluding carboxylic acids is 1. The van der Waals surface area contributed by atoms with Crippen molar-refractivity contribution in [2.24, 2.45) is 0 Å². The molecule has 1 saturated heterocycles. The van der Waals surface area contributed by atoms with E-state index in [2.05, 4.69) is 11.0 Å². The van der Waals surface area contributed by atoms with Crippen LogP contribution < -0.4 is 9.80 Å². The van der Waals surface area contributed by atoms with E-state index in [0.29, 0.717) is 12.1 Å². The fourth-order valence-electron chi connectivity index (χ4n) is 4.36. The third-order valence-corrected chi connectivity index (χ3v) is 7.84. The van der Waals surface area contributed by atoms with Gasteiger partial charge in [-0.15, -0.1) is 0 Å². The van der Waals surface area contributed by atoms with Crippen LogP contribution in [0.2, 0.25) is 0 Å². The number of anilines is 2. The standard InChI is InChI=1S/C23H29N3O3S/c1-24(2)30(28,29)19-12-13-22(25-14-6-3-7-15-25)20(17-19)23(27)26-16-8-10-18-9-4-5-11-21(18)26/h4-5,9,11-13,17H,3,6-8,10,14-16H2,1-2H3. The van der Waals surface area contributed by atoms with E-state index in [-0.39, 0.29) is 10.8 Å². The molecule has 0 unspecified atom stereocenters. The molecule has 2 aliphatic heterocycles. The molecule has 2 heterocycles. The van der Waals surface area contributed by atoms with Gasteiger partial charge in [0, 0.05) is 45.1 Å². The van der Waals surface area contributed by atoms with Crippen molar-refractivity contribution in [1.29, 1.82) is 0 Å². The van der Waals surface area contributed by atoms with Crippen LogP contribution in [0.1, 0.15) is 41.6 Å². The van der Waals surface area contributed by atoms with Crippen LogP contribution in [0.5, 0.6) is 0 Å². The lowest BCUT2D eigenvalue weighted by Gasteiger charge is -2.34.